The maximum atomic E-state index is 9.49. The zero-order valence-corrected chi connectivity index (χ0v) is 10.2. The summed E-state index contributed by atoms with van der Waals surface area (Å²) in [5, 5.41) is 18.6. The van der Waals surface area contributed by atoms with Gasteiger partial charge in [0.1, 0.15) is 0 Å². The van der Waals surface area contributed by atoms with E-state index in [0.717, 1.165) is 22.0 Å². The molecule has 19 heavy (non-hydrogen) atoms. The first-order valence-electron chi connectivity index (χ1n) is 6.05. The highest BCUT2D eigenvalue weighted by Gasteiger charge is 2.16. The molecule has 0 bridgehead atoms. The van der Waals surface area contributed by atoms with Gasteiger partial charge in [-0.25, -0.2) is 0 Å². The molecule has 0 aliphatic rings. The van der Waals surface area contributed by atoms with E-state index in [4.69, 9.17) is 0 Å². The van der Waals surface area contributed by atoms with Gasteiger partial charge in [0, 0.05) is 10.9 Å². The average molecular weight is 245 g/mol. The van der Waals surface area contributed by atoms with Crippen LogP contribution in [0.2, 0.25) is 0 Å². The van der Waals surface area contributed by atoms with Crippen LogP contribution < -0.4 is 0 Å². The summed E-state index contributed by atoms with van der Waals surface area (Å²) in [5.41, 5.74) is 2.69. The second-order valence-electron chi connectivity index (χ2n) is 4.29. The predicted molar refractivity (Wildman–Crippen MR) is 73.4 cm³/mol. The Kier molecular flexibility index (Phi) is 2.91. The second kappa shape index (κ2) is 4.87. The van der Waals surface area contributed by atoms with Crippen LogP contribution in [0.3, 0.4) is 0 Å². The molecule has 1 atom stereocenters. The number of nitriles is 1. The fourth-order valence-corrected chi connectivity index (χ4v) is 2.23. The van der Waals surface area contributed by atoms with Crippen molar-refractivity contribution in [2.75, 3.05) is 0 Å². The molecule has 0 radical (unpaired) electrons. The van der Waals surface area contributed by atoms with Gasteiger partial charge >= 0.3 is 0 Å². The Morgan fingerprint density at radius 2 is 1.68 bits per heavy atom. The highest BCUT2D eigenvalue weighted by molar-refractivity contribution is 5.82. The molecule has 0 saturated carbocycles. The standard InChI is InChI=1S/C16H11N3/c17-10-14(12-6-2-1-3-7-12)15-11-18-19-16-9-5-4-8-13(15)16/h1-9,11,14H. The van der Waals surface area contributed by atoms with Crippen molar-refractivity contribution in [2.45, 2.75) is 5.92 Å². The molecule has 3 aromatic rings. The summed E-state index contributed by atoms with van der Waals surface area (Å²) in [7, 11) is 0. The van der Waals surface area contributed by atoms with Crippen LogP contribution >= 0.6 is 0 Å². The molecule has 0 spiro atoms. The van der Waals surface area contributed by atoms with Gasteiger partial charge in [0.25, 0.3) is 0 Å². The maximum Gasteiger partial charge on any atom is 0.0984 e. The van der Waals surface area contributed by atoms with Crippen LogP contribution in [-0.4, -0.2) is 10.2 Å². The van der Waals surface area contributed by atoms with Crippen molar-refractivity contribution in [2.24, 2.45) is 0 Å². The molecular formula is C16H11N3. The van der Waals surface area contributed by atoms with Crippen LogP contribution in [0, 0.1) is 11.3 Å². The molecule has 1 unspecified atom stereocenters. The fraction of sp³-hybridized carbons (Fsp3) is 0.0625. The third kappa shape index (κ3) is 2.04. The zero-order valence-electron chi connectivity index (χ0n) is 10.2. The Labute approximate surface area is 111 Å². The quantitative estimate of drug-likeness (QED) is 0.696. The Morgan fingerprint density at radius 1 is 0.947 bits per heavy atom. The van der Waals surface area contributed by atoms with Gasteiger partial charge in [0.2, 0.25) is 0 Å². The first kappa shape index (κ1) is 11.4. The number of benzene rings is 2. The molecule has 0 amide bonds. The number of fused-ring (bicyclic) bond motifs is 1. The first-order chi connectivity index (χ1) is 9.40. The van der Waals surface area contributed by atoms with Crippen molar-refractivity contribution in [1.82, 2.24) is 10.2 Å². The number of aromatic nitrogens is 2. The monoisotopic (exact) mass is 245 g/mol. The van der Waals surface area contributed by atoms with Gasteiger partial charge in [-0.1, -0.05) is 48.5 Å². The van der Waals surface area contributed by atoms with Gasteiger partial charge in [-0.15, -0.1) is 0 Å². The average Bonchev–Trinajstić information content (AvgIpc) is 2.49. The zero-order chi connectivity index (χ0) is 13.1. The fourth-order valence-electron chi connectivity index (χ4n) is 2.23. The Hall–Kier alpha value is -2.73. The number of hydrogen-bond acceptors (Lipinski definition) is 3. The summed E-state index contributed by atoms with van der Waals surface area (Å²) in [4.78, 5) is 0. The molecule has 3 rings (SSSR count). The second-order valence-corrected chi connectivity index (χ2v) is 4.29. The van der Waals surface area contributed by atoms with Crippen molar-refractivity contribution in [3.05, 3.63) is 71.9 Å². The first-order valence-corrected chi connectivity index (χ1v) is 6.05. The largest absolute Gasteiger partial charge is 0.197 e. The lowest BCUT2D eigenvalue weighted by Gasteiger charge is -2.11. The normalized spacial score (nSPS) is 11.9. The Bertz CT molecular complexity index is 739. The van der Waals surface area contributed by atoms with E-state index in [1.54, 1.807) is 6.20 Å². The van der Waals surface area contributed by atoms with E-state index in [9.17, 15) is 5.26 Å². The Morgan fingerprint density at radius 3 is 2.47 bits per heavy atom. The lowest BCUT2D eigenvalue weighted by molar-refractivity contribution is 0.988. The molecule has 3 nitrogen and oxygen atoms in total. The lowest BCUT2D eigenvalue weighted by atomic mass is 9.91. The lowest BCUT2D eigenvalue weighted by Crippen LogP contribution is -2.01. The van der Waals surface area contributed by atoms with Crippen LogP contribution in [0.5, 0.6) is 0 Å². The summed E-state index contributed by atoms with van der Waals surface area (Å²) in [6.45, 7) is 0. The van der Waals surface area contributed by atoms with Gasteiger partial charge in [0.05, 0.1) is 23.7 Å². The third-order valence-electron chi connectivity index (χ3n) is 3.15. The summed E-state index contributed by atoms with van der Waals surface area (Å²) in [5.74, 6) is -0.318. The molecule has 1 aromatic heterocycles. The number of nitrogens with zero attached hydrogens (tertiary/aromatic N) is 3. The van der Waals surface area contributed by atoms with E-state index in [1.165, 1.54) is 0 Å². The highest BCUT2D eigenvalue weighted by atomic mass is 15.1. The van der Waals surface area contributed by atoms with Crippen LogP contribution in [0.15, 0.2) is 60.8 Å². The van der Waals surface area contributed by atoms with Crippen LogP contribution in [0.4, 0.5) is 0 Å². The molecule has 3 heteroatoms. The molecule has 0 aliphatic carbocycles. The predicted octanol–water partition coefficient (Wildman–Crippen LogP) is 3.29. The summed E-state index contributed by atoms with van der Waals surface area (Å²) < 4.78 is 0. The highest BCUT2D eigenvalue weighted by Crippen LogP contribution is 2.28. The van der Waals surface area contributed by atoms with E-state index in [-0.39, 0.29) is 5.92 Å². The number of hydrogen-bond donors (Lipinski definition) is 0. The van der Waals surface area contributed by atoms with Crippen molar-refractivity contribution in [1.29, 1.82) is 5.26 Å². The SMILES string of the molecule is N#CC(c1ccccc1)c1cnnc2ccccc12. The van der Waals surface area contributed by atoms with E-state index in [2.05, 4.69) is 16.3 Å². The molecule has 0 saturated heterocycles. The molecule has 1 heterocycles. The van der Waals surface area contributed by atoms with Crippen molar-refractivity contribution < 1.29 is 0 Å². The van der Waals surface area contributed by atoms with Gasteiger partial charge < -0.3 is 0 Å². The molecule has 0 N–H and O–H groups in total. The van der Waals surface area contributed by atoms with Gasteiger partial charge in [0.15, 0.2) is 0 Å². The smallest absolute Gasteiger partial charge is 0.0984 e. The minimum absolute atomic E-state index is 0.318. The van der Waals surface area contributed by atoms with Crippen LogP contribution in [0.1, 0.15) is 17.0 Å². The van der Waals surface area contributed by atoms with Crippen molar-refractivity contribution >= 4 is 10.9 Å². The minimum atomic E-state index is -0.318. The molecular weight excluding hydrogens is 234 g/mol. The Balaban J connectivity index is 2.21. The topological polar surface area (TPSA) is 49.6 Å². The maximum absolute atomic E-state index is 9.49. The van der Waals surface area contributed by atoms with Gasteiger partial charge in [-0.2, -0.15) is 15.5 Å². The van der Waals surface area contributed by atoms with Crippen LogP contribution in [-0.2, 0) is 0 Å². The molecule has 0 aliphatic heterocycles. The van der Waals surface area contributed by atoms with E-state index in [1.807, 2.05) is 54.6 Å². The summed E-state index contributed by atoms with van der Waals surface area (Å²) in [6.07, 6.45) is 1.68. The third-order valence-corrected chi connectivity index (χ3v) is 3.15. The minimum Gasteiger partial charge on any atom is -0.197 e. The summed E-state index contributed by atoms with van der Waals surface area (Å²) >= 11 is 0. The molecule has 90 valence electrons. The number of rotatable bonds is 2. The van der Waals surface area contributed by atoms with E-state index in [0.29, 0.717) is 0 Å². The van der Waals surface area contributed by atoms with Crippen LogP contribution in [0.25, 0.3) is 10.9 Å². The van der Waals surface area contributed by atoms with Gasteiger partial charge in [-0.3, -0.25) is 0 Å². The molecule has 0 fully saturated rings. The van der Waals surface area contributed by atoms with Gasteiger partial charge in [-0.05, 0) is 11.6 Å². The van der Waals surface area contributed by atoms with E-state index >= 15 is 0 Å². The van der Waals surface area contributed by atoms with Crippen molar-refractivity contribution in [3.8, 4) is 6.07 Å². The summed E-state index contributed by atoms with van der Waals surface area (Å²) in [6, 6.07) is 19.9. The molecule has 2 aromatic carbocycles. The van der Waals surface area contributed by atoms with E-state index < -0.39 is 0 Å². The van der Waals surface area contributed by atoms with Crippen molar-refractivity contribution in [3.63, 3.8) is 0 Å².